The minimum Gasteiger partial charge on any atom is -0.496 e. The molecule has 0 saturated carbocycles. The van der Waals surface area contributed by atoms with Crippen LogP contribution < -0.4 is 4.74 Å². The molecule has 0 radical (unpaired) electrons. The first-order valence-electron chi connectivity index (χ1n) is 5.95. The molecule has 2 heteroatoms. The summed E-state index contributed by atoms with van der Waals surface area (Å²) in [6.45, 7) is 4.09. The molecule has 18 heavy (non-hydrogen) atoms. The number of methoxy groups -OCH3 is 1. The van der Waals surface area contributed by atoms with Crippen LogP contribution in [0, 0.1) is 13.8 Å². The molecule has 0 atom stereocenters. The molecule has 92 valence electrons. The minimum atomic E-state index is 0.884. The van der Waals surface area contributed by atoms with Crippen LogP contribution in [0.25, 0.3) is 0 Å². The van der Waals surface area contributed by atoms with Crippen molar-refractivity contribution in [3.8, 4) is 5.75 Å². The number of rotatable bonds is 3. The van der Waals surface area contributed by atoms with Crippen molar-refractivity contribution >= 4 is 11.9 Å². The lowest BCUT2D eigenvalue weighted by atomic mass is 10.1. The van der Waals surface area contributed by atoms with Crippen LogP contribution in [-0.2, 0) is 0 Å². The van der Waals surface area contributed by atoms with Gasteiger partial charge in [0.1, 0.15) is 5.75 Å². The summed E-state index contributed by atoms with van der Waals surface area (Å²) >= 11 is 0. The van der Waals surface area contributed by atoms with Gasteiger partial charge in [0.15, 0.2) is 0 Å². The van der Waals surface area contributed by atoms with E-state index in [1.54, 1.807) is 7.11 Å². The number of benzene rings is 2. The van der Waals surface area contributed by atoms with Gasteiger partial charge in [0, 0.05) is 11.8 Å². The monoisotopic (exact) mass is 239 g/mol. The van der Waals surface area contributed by atoms with E-state index in [0.29, 0.717) is 0 Å². The average Bonchev–Trinajstić information content (AvgIpc) is 2.38. The molecule has 0 aliphatic rings. The van der Waals surface area contributed by atoms with Gasteiger partial charge in [0.2, 0.25) is 0 Å². The molecule has 2 nitrogen and oxygen atoms in total. The standard InChI is InChI=1S/C16H17NO/c1-12-7-4-5-10-15(12)17-11-14-9-6-8-13(2)16(14)18-3/h4-11H,1-3H3. The number of hydrogen-bond donors (Lipinski definition) is 0. The molecule has 2 rings (SSSR count). The van der Waals surface area contributed by atoms with Crippen LogP contribution >= 0.6 is 0 Å². The summed E-state index contributed by atoms with van der Waals surface area (Å²) in [5, 5.41) is 0. The summed E-state index contributed by atoms with van der Waals surface area (Å²) in [7, 11) is 1.69. The fraction of sp³-hybridized carbons (Fsp3) is 0.188. The molecule has 0 saturated heterocycles. The molecule has 0 bridgehead atoms. The summed E-state index contributed by atoms with van der Waals surface area (Å²) in [5.74, 6) is 0.884. The second-order valence-electron chi connectivity index (χ2n) is 4.24. The highest BCUT2D eigenvalue weighted by Crippen LogP contribution is 2.23. The Morgan fingerprint density at radius 1 is 0.944 bits per heavy atom. The van der Waals surface area contributed by atoms with E-state index < -0.39 is 0 Å². The second kappa shape index (κ2) is 5.50. The largest absolute Gasteiger partial charge is 0.496 e. The maximum absolute atomic E-state index is 5.40. The first kappa shape index (κ1) is 12.4. The maximum atomic E-state index is 5.40. The van der Waals surface area contributed by atoms with Gasteiger partial charge in [-0.15, -0.1) is 0 Å². The molecule has 0 N–H and O–H groups in total. The molecule has 2 aromatic carbocycles. The lowest BCUT2D eigenvalue weighted by molar-refractivity contribution is 0.411. The number of aryl methyl sites for hydroxylation is 2. The van der Waals surface area contributed by atoms with E-state index in [1.807, 2.05) is 49.5 Å². The minimum absolute atomic E-state index is 0.884. The highest BCUT2D eigenvalue weighted by Gasteiger charge is 2.03. The van der Waals surface area contributed by atoms with Crippen molar-refractivity contribution in [2.75, 3.05) is 7.11 Å². The first-order chi connectivity index (χ1) is 8.72. The zero-order chi connectivity index (χ0) is 13.0. The number of ether oxygens (including phenoxy) is 1. The van der Waals surface area contributed by atoms with Gasteiger partial charge in [-0.2, -0.15) is 0 Å². The van der Waals surface area contributed by atoms with E-state index >= 15 is 0 Å². The highest BCUT2D eigenvalue weighted by atomic mass is 16.5. The third-order valence-corrected chi connectivity index (χ3v) is 2.90. The molecule has 0 fully saturated rings. The fourth-order valence-corrected chi connectivity index (χ4v) is 1.90. The predicted octanol–water partition coefficient (Wildman–Crippen LogP) is 4.06. The zero-order valence-electron chi connectivity index (χ0n) is 11.0. The quantitative estimate of drug-likeness (QED) is 0.740. The van der Waals surface area contributed by atoms with Gasteiger partial charge in [-0.3, -0.25) is 4.99 Å². The normalized spacial score (nSPS) is 10.8. The van der Waals surface area contributed by atoms with E-state index in [9.17, 15) is 0 Å². The van der Waals surface area contributed by atoms with Crippen LogP contribution in [0.15, 0.2) is 47.5 Å². The van der Waals surface area contributed by atoms with Gasteiger partial charge in [-0.1, -0.05) is 30.3 Å². The van der Waals surface area contributed by atoms with E-state index in [4.69, 9.17) is 4.74 Å². The van der Waals surface area contributed by atoms with Crippen molar-refractivity contribution in [1.82, 2.24) is 0 Å². The molecule has 0 aromatic heterocycles. The van der Waals surface area contributed by atoms with E-state index in [0.717, 1.165) is 22.6 Å². The smallest absolute Gasteiger partial charge is 0.130 e. The summed E-state index contributed by atoms with van der Waals surface area (Å²) in [4.78, 5) is 4.52. The number of nitrogens with zero attached hydrogens (tertiary/aromatic N) is 1. The SMILES string of the molecule is COc1c(C)cccc1C=Nc1ccccc1C. The Labute approximate surface area is 108 Å². The first-order valence-corrected chi connectivity index (χ1v) is 5.95. The van der Waals surface area contributed by atoms with Gasteiger partial charge in [0.05, 0.1) is 12.8 Å². The van der Waals surface area contributed by atoms with Crippen LogP contribution in [0.5, 0.6) is 5.75 Å². The van der Waals surface area contributed by atoms with E-state index in [1.165, 1.54) is 5.56 Å². The summed E-state index contributed by atoms with van der Waals surface area (Å²) in [6, 6.07) is 14.1. The van der Waals surface area contributed by atoms with Gasteiger partial charge in [0.25, 0.3) is 0 Å². The van der Waals surface area contributed by atoms with E-state index in [2.05, 4.69) is 18.0 Å². The molecule has 0 amide bonds. The third kappa shape index (κ3) is 2.59. The Morgan fingerprint density at radius 2 is 1.67 bits per heavy atom. The summed E-state index contributed by atoms with van der Waals surface area (Å²) in [5.41, 5.74) is 4.27. The molecular weight excluding hydrogens is 222 g/mol. The molecule has 0 aliphatic carbocycles. The maximum Gasteiger partial charge on any atom is 0.130 e. The van der Waals surface area contributed by atoms with Crippen molar-refractivity contribution in [2.45, 2.75) is 13.8 Å². The van der Waals surface area contributed by atoms with Crippen LogP contribution in [0.4, 0.5) is 5.69 Å². The van der Waals surface area contributed by atoms with Crippen LogP contribution in [0.2, 0.25) is 0 Å². The van der Waals surface area contributed by atoms with Crippen molar-refractivity contribution in [1.29, 1.82) is 0 Å². The van der Waals surface area contributed by atoms with Crippen molar-refractivity contribution in [3.63, 3.8) is 0 Å². The van der Waals surface area contributed by atoms with Crippen molar-refractivity contribution in [2.24, 2.45) is 4.99 Å². The number of aliphatic imine (C=N–C) groups is 1. The number of para-hydroxylation sites is 2. The Kier molecular flexibility index (Phi) is 3.78. The van der Waals surface area contributed by atoms with E-state index in [-0.39, 0.29) is 0 Å². The summed E-state index contributed by atoms with van der Waals surface area (Å²) in [6.07, 6.45) is 1.86. The Morgan fingerprint density at radius 3 is 2.39 bits per heavy atom. The predicted molar refractivity (Wildman–Crippen MR) is 76.2 cm³/mol. The summed E-state index contributed by atoms with van der Waals surface area (Å²) < 4.78 is 5.40. The van der Waals surface area contributed by atoms with Crippen LogP contribution in [0.3, 0.4) is 0 Å². The lowest BCUT2D eigenvalue weighted by Crippen LogP contribution is -1.93. The molecule has 2 aromatic rings. The zero-order valence-corrected chi connectivity index (χ0v) is 11.0. The molecular formula is C16H17NO. The van der Waals surface area contributed by atoms with Crippen LogP contribution in [-0.4, -0.2) is 13.3 Å². The Hall–Kier alpha value is -2.09. The molecule has 0 spiro atoms. The molecule has 0 heterocycles. The van der Waals surface area contributed by atoms with Gasteiger partial charge < -0.3 is 4.74 Å². The topological polar surface area (TPSA) is 21.6 Å². The third-order valence-electron chi connectivity index (χ3n) is 2.90. The van der Waals surface area contributed by atoms with Gasteiger partial charge in [-0.25, -0.2) is 0 Å². The van der Waals surface area contributed by atoms with Crippen molar-refractivity contribution < 1.29 is 4.74 Å². The van der Waals surface area contributed by atoms with Gasteiger partial charge in [-0.05, 0) is 37.1 Å². The average molecular weight is 239 g/mol. The van der Waals surface area contributed by atoms with Crippen molar-refractivity contribution in [3.05, 3.63) is 59.2 Å². The Balaban J connectivity index is 2.35. The fourth-order valence-electron chi connectivity index (χ4n) is 1.90. The molecule has 0 aliphatic heterocycles. The second-order valence-corrected chi connectivity index (χ2v) is 4.24. The Bertz CT molecular complexity index is 573. The lowest BCUT2D eigenvalue weighted by Gasteiger charge is -2.07. The number of hydrogen-bond acceptors (Lipinski definition) is 2. The molecule has 0 unspecified atom stereocenters. The van der Waals surface area contributed by atoms with Crippen LogP contribution in [0.1, 0.15) is 16.7 Å². The highest BCUT2D eigenvalue weighted by molar-refractivity contribution is 5.86. The van der Waals surface area contributed by atoms with Gasteiger partial charge >= 0.3 is 0 Å².